The zero-order chi connectivity index (χ0) is 13.1. The van der Waals surface area contributed by atoms with Gasteiger partial charge in [0, 0.05) is 17.8 Å². The Labute approximate surface area is 108 Å². The van der Waals surface area contributed by atoms with Crippen LogP contribution >= 0.6 is 0 Å². The fourth-order valence-corrected chi connectivity index (χ4v) is 4.23. The van der Waals surface area contributed by atoms with Crippen LogP contribution in [0.2, 0.25) is 0 Å². The molecule has 0 bridgehead atoms. The van der Waals surface area contributed by atoms with Crippen LogP contribution < -0.4 is 0 Å². The number of rotatable bonds is 0. The van der Waals surface area contributed by atoms with Gasteiger partial charge in [0.1, 0.15) is 11.9 Å². The highest BCUT2D eigenvalue weighted by atomic mass is 16.6. The molecule has 18 heavy (non-hydrogen) atoms. The first-order chi connectivity index (χ1) is 8.36. The van der Waals surface area contributed by atoms with Crippen LogP contribution in [0.25, 0.3) is 0 Å². The fourth-order valence-electron chi connectivity index (χ4n) is 4.23. The zero-order valence-electron chi connectivity index (χ0n) is 11.5. The van der Waals surface area contributed by atoms with Crippen LogP contribution in [0.15, 0.2) is 0 Å². The largest absolute Gasteiger partial charge is 0.461 e. The topological polar surface area (TPSA) is 43.4 Å². The van der Waals surface area contributed by atoms with E-state index in [1.54, 1.807) is 0 Å². The minimum atomic E-state index is -0.463. The molecule has 3 rings (SSSR count). The predicted octanol–water partition coefficient (Wildman–Crippen LogP) is 2.72. The standard InChI is InChI=1S/C15H22O3/c1-14(2)13(17)18-12-7-5-9-4-6-11(16)10(9)8-15(12,14)3/h9-10,12H,4-8H2,1-3H3. The van der Waals surface area contributed by atoms with Crippen molar-refractivity contribution in [2.45, 2.75) is 59.0 Å². The lowest BCUT2D eigenvalue weighted by atomic mass is 9.61. The van der Waals surface area contributed by atoms with Crippen LogP contribution in [0.4, 0.5) is 0 Å². The zero-order valence-corrected chi connectivity index (χ0v) is 11.5. The van der Waals surface area contributed by atoms with Crippen molar-refractivity contribution in [3.8, 4) is 0 Å². The van der Waals surface area contributed by atoms with Crippen LogP contribution in [0.1, 0.15) is 52.9 Å². The first-order valence-corrected chi connectivity index (χ1v) is 7.10. The smallest absolute Gasteiger partial charge is 0.312 e. The molecule has 0 aromatic heterocycles. The summed E-state index contributed by atoms with van der Waals surface area (Å²) in [4.78, 5) is 24.1. The molecule has 1 saturated heterocycles. The number of hydrogen-bond acceptors (Lipinski definition) is 3. The first kappa shape index (κ1) is 12.2. The molecular formula is C15H22O3. The van der Waals surface area contributed by atoms with E-state index in [2.05, 4.69) is 6.92 Å². The Bertz CT molecular complexity index is 412. The lowest BCUT2D eigenvalue weighted by Gasteiger charge is -2.38. The molecule has 100 valence electrons. The molecule has 0 aromatic carbocycles. The number of ketones is 1. The molecule has 0 N–H and O–H groups in total. The molecule has 4 unspecified atom stereocenters. The average molecular weight is 250 g/mol. The third kappa shape index (κ3) is 1.36. The molecule has 2 saturated carbocycles. The van der Waals surface area contributed by atoms with E-state index in [1.165, 1.54) is 0 Å². The van der Waals surface area contributed by atoms with E-state index in [4.69, 9.17) is 4.74 Å². The summed E-state index contributed by atoms with van der Waals surface area (Å²) < 4.78 is 5.61. The number of ether oxygens (including phenoxy) is 1. The highest BCUT2D eigenvalue weighted by Crippen LogP contribution is 2.58. The second-order valence-corrected chi connectivity index (χ2v) is 7.09. The Hall–Kier alpha value is -0.860. The Balaban J connectivity index is 1.98. The molecular weight excluding hydrogens is 228 g/mol. The summed E-state index contributed by atoms with van der Waals surface area (Å²) in [7, 11) is 0. The Kier molecular flexibility index (Phi) is 2.43. The van der Waals surface area contributed by atoms with E-state index in [0.717, 1.165) is 32.1 Å². The average Bonchev–Trinajstić information content (AvgIpc) is 2.64. The number of esters is 1. The summed E-state index contributed by atoms with van der Waals surface area (Å²) in [5.74, 6) is 1.04. The van der Waals surface area contributed by atoms with Crippen molar-refractivity contribution in [1.29, 1.82) is 0 Å². The van der Waals surface area contributed by atoms with Crippen molar-refractivity contribution in [3.63, 3.8) is 0 Å². The predicted molar refractivity (Wildman–Crippen MR) is 66.8 cm³/mol. The molecule has 4 atom stereocenters. The molecule has 1 heterocycles. The Morgan fingerprint density at radius 1 is 1.11 bits per heavy atom. The van der Waals surface area contributed by atoms with Crippen molar-refractivity contribution in [3.05, 3.63) is 0 Å². The maximum Gasteiger partial charge on any atom is 0.312 e. The number of carbonyl (C=O) groups is 2. The molecule has 0 amide bonds. The van der Waals surface area contributed by atoms with E-state index in [9.17, 15) is 9.59 Å². The van der Waals surface area contributed by atoms with Crippen LogP contribution in [0.3, 0.4) is 0 Å². The molecule has 3 heteroatoms. The third-order valence-corrected chi connectivity index (χ3v) is 6.09. The number of hydrogen-bond donors (Lipinski definition) is 0. The van der Waals surface area contributed by atoms with E-state index in [1.807, 2.05) is 13.8 Å². The fraction of sp³-hybridized carbons (Fsp3) is 0.867. The maximum atomic E-state index is 12.1. The first-order valence-electron chi connectivity index (χ1n) is 7.10. The van der Waals surface area contributed by atoms with Gasteiger partial charge in [0.25, 0.3) is 0 Å². The van der Waals surface area contributed by atoms with Gasteiger partial charge in [0.2, 0.25) is 0 Å². The SMILES string of the molecule is CC1(C)C(=O)OC2CCC3CCC(=O)C3CC21C. The van der Waals surface area contributed by atoms with Crippen LogP contribution in [-0.2, 0) is 14.3 Å². The van der Waals surface area contributed by atoms with Crippen LogP contribution in [0.5, 0.6) is 0 Å². The van der Waals surface area contributed by atoms with Gasteiger partial charge in [0.05, 0.1) is 5.41 Å². The van der Waals surface area contributed by atoms with Gasteiger partial charge in [-0.1, -0.05) is 6.92 Å². The molecule has 3 nitrogen and oxygen atoms in total. The Morgan fingerprint density at radius 3 is 2.56 bits per heavy atom. The van der Waals surface area contributed by atoms with Gasteiger partial charge in [-0.05, 0) is 45.4 Å². The minimum absolute atomic E-state index is 0.0124. The highest BCUT2D eigenvalue weighted by Gasteiger charge is 2.62. The normalized spacial score (nSPS) is 46.3. The molecule has 3 fully saturated rings. The van der Waals surface area contributed by atoms with Crippen molar-refractivity contribution >= 4 is 11.8 Å². The van der Waals surface area contributed by atoms with E-state index >= 15 is 0 Å². The molecule has 3 aliphatic rings. The van der Waals surface area contributed by atoms with Crippen molar-refractivity contribution < 1.29 is 14.3 Å². The van der Waals surface area contributed by atoms with Gasteiger partial charge in [-0.3, -0.25) is 9.59 Å². The summed E-state index contributed by atoms with van der Waals surface area (Å²) in [5.41, 5.74) is -0.640. The second-order valence-electron chi connectivity index (χ2n) is 7.09. The molecule has 1 aliphatic heterocycles. The highest BCUT2D eigenvalue weighted by molar-refractivity contribution is 5.84. The molecule has 0 aromatic rings. The van der Waals surface area contributed by atoms with Crippen LogP contribution in [0, 0.1) is 22.7 Å². The quantitative estimate of drug-likeness (QED) is 0.621. The summed E-state index contributed by atoms with van der Waals surface area (Å²) in [5, 5.41) is 0. The third-order valence-electron chi connectivity index (χ3n) is 6.09. The van der Waals surface area contributed by atoms with Gasteiger partial charge in [-0.2, -0.15) is 0 Å². The van der Waals surface area contributed by atoms with Crippen molar-refractivity contribution in [1.82, 2.24) is 0 Å². The molecule has 0 spiro atoms. The minimum Gasteiger partial charge on any atom is -0.461 e. The number of fused-ring (bicyclic) bond motifs is 2. The van der Waals surface area contributed by atoms with E-state index in [-0.39, 0.29) is 23.4 Å². The molecule has 0 radical (unpaired) electrons. The lowest BCUT2D eigenvalue weighted by Crippen LogP contribution is -2.41. The van der Waals surface area contributed by atoms with Gasteiger partial charge in [-0.15, -0.1) is 0 Å². The maximum absolute atomic E-state index is 12.1. The van der Waals surface area contributed by atoms with Crippen molar-refractivity contribution in [2.24, 2.45) is 22.7 Å². The summed E-state index contributed by atoms with van der Waals surface area (Å²) >= 11 is 0. The van der Waals surface area contributed by atoms with Gasteiger partial charge >= 0.3 is 5.97 Å². The van der Waals surface area contributed by atoms with E-state index < -0.39 is 5.41 Å². The van der Waals surface area contributed by atoms with Gasteiger partial charge in [0.15, 0.2) is 0 Å². The summed E-state index contributed by atoms with van der Waals surface area (Å²) in [6.45, 7) is 6.11. The number of carbonyl (C=O) groups excluding carboxylic acids is 2. The summed E-state index contributed by atoms with van der Waals surface area (Å²) in [6.07, 6.45) is 4.60. The summed E-state index contributed by atoms with van der Waals surface area (Å²) in [6, 6.07) is 0. The monoisotopic (exact) mass is 250 g/mol. The van der Waals surface area contributed by atoms with E-state index in [0.29, 0.717) is 11.7 Å². The second kappa shape index (κ2) is 3.58. The van der Waals surface area contributed by atoms with Gasteiger partial charge < -0.3 is 4.74 Å². The number of Topliss-reactive ketones (excluding diaryl/α,β-unsaturated/α-hetero) is 1. The Morgan fingerprint density at radius 2 is 1.83 bits per heavy atom. The molecule has 2 aliphatic carbocycles. The van der Waals surface area contributed by atoms with Crippen LogP contribution in [-0.4, -0.2) is 17.9 Å². The lowest BCUT2D eigenvalue weighted by molar-refractivity contribution is -0.148. The van der Waals surface area contributed by atoms with Gasteiger partial charge in [-0.25, -0.2) is 0 Å². The van der Waals surface area contributed by atoms with Crippen molar-refractivity contribution in [2.75, 3.05) is 0 Å².